The second-order valence-corrected chi connectivity index (χ2v) is 7.39. The zero-order valence-corrected chi connectivity index (χ0v) is 13.6. The van der Waals surface area contributed by atoms with Crippen molar-refractivity contribution in [2.24, 2.45) is 11.8 Å². The van der Waals surface area contributed by atoms with Crippen molar-refractivity contribution in [2.75, 3.05) is 13.1 Å². The molecule has 2 aromatic heterocycles. The van der Waals surface area contributed by atoms with Crippen LogP contribution in [-0.2, 0) is 11.2 Å². The number of carbonyl (C=O) groups is 1. The first-order valence-corrected chi connectivity index (χ1v) is 8.96. The summed E-state index contributed by atoms with van der Waals surface area (Å²) < 4.78 is 1.76. The molecule has 0 spiro atoms. The van der Waals surface area contributed by atoms with Gasteiger partial charge in [0.05, 0.1) is 18.6 Å². The summed E-state index contributed by atoms with van der Waals surface area (Å²) >= 11 is 1.62. The predicted octanol–water partition coefficient (Wildman–Crippen LogP) is 1.35. The molecule has 6 nitrogen and oxygen atoms in total. The van der Waals surface area contributed by atoms with Gasteiger partial charge in [0.1, 0.15) is 12.7 Å². The Balaban J connectivity index is 1.42. The van der Waals surface area contributed by atoms with Crippen LogP contribution < -0.4 is 0 Å². The summed E-state index contributed by atoms with van der Waals surface area (Å²) in [6, 6.07) is 1.99. The van der Waals surface area contributed by atoms with Gasteiger partial charge in [0, 0.05) is 13.1 Å². The SMILES string of the molecule is O=C(Cc1ccsc1)N1C[C@H]2C[C@@H](n3cncn3)[C@H](O)C[C@H]2C1. The molecule has 1 N–H and O–H groups in total. The van der Waals surface area contributed by atoms with Crippen LogP contribution in [0.4, 0.5) is 0 Å². The van der Waals surface area contributed by atoms with Crippen LogP contribution in [0.25, 0.3) is 0 Å². The van der Waals surface area contributed by atoms with Gasteiger partial charge in [-0.1, -0.05) is 0 Å². The Morgan fingerprint density at radius 2 is 2.17 bits per heavy atom. The van der Waals surface area contributed by atoms with Crippen molar-refractivity contribution in [2.45, 2.75) is 31.4 Å². The predicted molar refractivity (Wildman–Crippen MR) is 85.9 cm³/mol. The van der Waals surface area contributed by atoms with Gasteiger partial charge in [-0.3, -0.25) is 4.79 Å². The van der Waals surface area contributed by atoms with Crippen molar-refractivity contribution in [3.05, 3.63) is 35.0 Å². The lowest BCUT2D eigenvalue weighted by Crippen LogP contribution is -2.36. The van der Waals surface area contributed by atoms with Crippen molar-refractivity contribution in [3.63, 3.8) is 0 Å². The molecule has 0 unspecified atom stereocenters. The fourth-order valence-electron chi connectivity index (χ4n) is 3.96. The van der Waals surface area contributed by atoms with Crippen LogP contribution in [0.5, 0.6) is 0 Å². The number of aliphatic hydroxyl groups is 1. The summed E-state index contributed by atoms with van der Waals surface area (Å²) in [4.78, 5) is 18.4. The number of hydrogen-bond donors (Lipinski definition) is 1. The summed E-state index contributed by atoms with van der Waals surface area (Å²) in [5, 5.41) is 18.6. The third-order valence-corrected chi connectivity index (χ3v) is 5.91. The van der Waals surface area contributed by atoms with Gasteiger partial charge in [-0.25, -0.2) is 9.67 Å². The molecular formula is C16H20N4O2S. The number of likely N-dealkylation sites (tertiary alicyclic amines) is 1. The quantitative estimate of drug-likeness (QED) is 0.921. The largest absolute Gasteiger partial charge is 0.391 e. The maximum absolute atomic E-state index is 12.5. The Kier molecular flexibility index (Phi) is 3.90. The minimum atomic E-state index is -0.412. The first-order chi connectivity index (χ1) is 11.2. The molecule has 0 bridgehead atoms. The van der Waals surface area contributed by atoms with E-state index in [0.717, 1.165) is 31.5 Å². The maximum Gasteiger partial charge on any atom is 0.227 e. The van der Waals surface area contributed by atoms with E-state index in [9.17, 15) is 9.90 Å². The normalized spacial score (nSPS) is 30.4. The molecule has 0 radical (unpaired) electrons. The maximum atomic E-state index is 12.5. The number of amides is 1. The molecule has 4 atom stereocenters. The van der Waals surface area contributed by atoms with Gasteiger partial charge in [0.2, 0.25) is 5.91 Å². The second kappa shape index (κ2) is 6.05. The van der Waals surface area contributed by atoms with E-state index >= 15 is 0 Å². The number of carbonyl (C=O) groups excluding carboxylic acids is 1. The number of aromatic nitrogens is 3. The monoisotopic (exact) mass is 332 g/mol. The van der Waals surface area contributed by atoms with E-state index in [4.69, 9.17) is 0 Å². The molecule has 3 heterocycles. The van der Waals surface area contributed by atoms with E-state index < -0.39 is 6.10 Å². The van der Waals surface area contributed by atoms with Crippen LogP contribution in [0, 0.1) is 11.8 Å². The van der Waals surface area contributed by atoms with Gasteiger partial charge in [0.15, 0.2) is 0 Å². The van der Waals surface area contributed by atoms with Crippen LogP contribution in [0.2, 0.25) is 0 Å². The van der Waals surface area contributed by atoms with Gasteiger partial charge >= 0.3 is 0 Å². The number of fused-ring (bicyclic) bond motifs is 1. The second-order valence-electron chi connectivity index (χ2n) is 6.61. The third kappa shape index (κ3) is 2.90. The molecule has 7 heteroatoms. The van der Waals surface area contributed by atoms with E-state index in [1.54, 1.807) is 22.3 Å². The summed E-state index contributed by atoms with van der Waals surface area (Å²) in [5.41, 5.74) is 1.09. The molecule has 2 aliphatic rings. The van der Waals surface area contributed by atoms with Gasteiger partial charge in [0.25, 0.3) is 0 Å². The molecule has 2 fully saturated rings. The topological polar surface area (TPSA) is 71.2 Å². The molecule has 1 aliphatic carbocycles. The first kappa shape index (κ1) is 14.8. The molecule has 1 saturated carbocycles. The zero-order valence-electron chi connectivity index (χ0n) is 12.8. The summed E-state index contributed by atoms with van der Waals surface area (Å²) in [5.74, 6) is 1.04. The molecular weight excluding hydrogens is 312 g/mol. The average Bonchev–Trinajstić information content (AvgIpc) is 3.27. The lowest BCUT2D eigenvalue weighted by molar-refractivity contribution is -0.129. The van der Waals surface area contributed by atoms with E-state index in [1.165, 1.54) is 6.33 Å². The molecule has 1 saturated heterocycles. The number of hydrogen-bond acceptors (Lipinski definition) is 5. The molecule has 0 aromatic carbocycles. The Morgan fingerprint density at radius 3 is 2.87 bits per heavy atom. The highest BCUT2D eigenvalue weighted by atomic mass is 32.1. The van der Waals surface area contributed by atoms with Crippen LogP contribution in [0.1, 0.15) is 24.4 Å². The third-order valence-electron chi connectivity index (χ3n) is 5.17. The lowest BCUT2D eigenvalue weighted by atomic mass is 9.77. The van der Waals surface area contributed by atoms with Gasteiger partial charge in [-0.2, -0.15) is 16.4 Å². The zero-order chi connectivity index (χ0) is 15.8. The molecule has 4 rings (SSSR count). The molecule has 1 amide bonds. The van der Waals surface area contributed by atoms with Gasteiger partial charge in [-0.05, 0) is 47.1 Å². The van der Waals surface area contributed by atoms with Crippen molar-refractivity contribution < 1.29 is 9.90 Å². The number of thiophene rings is 1. The standard InChI is InChI=1S/C16H20N4O2S/c21-15-5-13-7-19(16(22)3-11-1-2-23-8-11)6-12(13)4-14(15)20-10-17-9-18-20/h1-2,8-10,12-15,21H,3-7H2/t12-,13+,14-,15-/m1/s1. The summed E-state index contributed by atoms with van der Waals surface area (Å²) in [6.45, 7) is 1.57. The highest BCUT2D eigenvalue weighted by Crippen LogP contribution is 2.41. The number of nitrogens with zero attached hydrogens (tertiary/aromatic N) is 4. The van der Waals surface area contributed by atoms with Crippen molar-refractivity contribution in [1.29, 1.82) is 0 Å². The first-order valence-electron chi connectivity index (χ1n) is 8.01. The van der Waals surface area contributed by atoms with E-state index in [-0.39, 0.29) is 11.9 Å². The van der Waals surface area contributed by atoms with E-state index in [2.05, 4.69) is 10.1 Å². The van der Waals surface area contributed by atoms with Crippen LogP contribution in [0.3, 0.4) is 0 Å². The van der Waals surface area contributed by atoms with Crippen molar-refractivity contribution >= 4 is 17.2 Å². The summed E-state index contributed by atoms with van der Waals surface area (Å²) in [6.07, 6.45) is 4.84. The molecule has 2 aromatic rings. The van der Waals surface area contributed by atoms with Crippen molar-refractivity contribution in [3.8, 4) is 0 Å². The van der Waals surface area contributed by atoms with Crippen LogP contribution in [-0.4, -0.2) is 49.9 Å². The number of rotatable bonds is 3. The Morgan fingerprint density at radius 1 is 1.35 bits per heavy atom. The van der Waals surface area contributed by atoms with Crippen LogP contribution in [0.15, 0.2) is 29.5 Å². The fraction of sp³-hybridized carbons (Fsp3) is 0.562. The Hall–Kier alpha value is -1.73. The van der Waals surface area contributed by atoms with E-state index in [1.807, 2.05) is 21.7 Å². The average molecular weight is 332 g/mol. The van der Waals surface area contributed by atoms with Gasteiger partial charge in [-0.15, -0.1) is 0 Å². The van der Waals surface area contributed by atoms with Crippen LogP contribution >= 0.6 is 11.3 Å². The molecule has 122 valence electrons. The van der Waals surface area contributed by atoms with Crippen molar-refractivity contribution in [1.82, 2.24) is 19.7 Å². The minimum absolute atomic E-state index is 0.0225. The lowest BCUT2D eigenvalue weighted by Gasteiger charge is -2.34. The Bertz CT molecular complexity index is 658. The highest BCUT2D eigenvalue weighted by molar-refractivity contribution is 7.07. The summed E-state index contributed by atoms with van der Waals surface area (Å²) in [7, 11) is 0. The van der Waals surface area contributed by atoms with Gasteiger partial charge < -0.3 is 10.0 Å². The smallest absolute Gasteiger partial charge is 0.227 e. The Labute approximate surface area is 138 Å². The van der Waals surface area contributed by atoms with E-state index in [0.29, 0.717) is 18.3 Å². The minimum Gasteiger partial charge on any atom is -0.391 e. The molecule has 1 aliphatic heterocycles. The number of aliphatic hydroxyl groups excluding tert-OH is 1. The highest BCUT2D eigenvalue weighted by Gasteiger charge is 2.43. The fourth-order valence-corrected chi connectivity index (χ4v) is 4.63. The molecule has 23 heavy (non-hydrogen) atoms.